The number of rotatable bonds is 5. The van der Waals surface area contributed by atoms with Crippen molar-refractivity contribution < 1.29 is 14.7 Å². The van der Waals surface area contributed by atoms with E-state index in [1.54, 1.807) is 25.7 Å². The minimum Gasteiger partial charge on any atom is -0.481 e. The Morgan fingerprint density at radius 2 is 1.89 bits per heavy atom. The van der Waals surface area contributed by atoms with Crippen molar-refractivity contribution >= 4 is 11.9 Å². The van der Waals surface area contributed by atoms with Gasteiger partial charge in [0.15, 0.2) is 0 Å². The molecule has 0 heterocycles. The van der Waals surface area contributed by atoms with E-state index in [-0.39, 0.29) is 5.91 Å². The molecule has 0 saturated heterocycles. The zero-order chi connectivity index (χ0) is 13.9. The van der Waals surface area contributed by atoms with Crippen molar-refractivity contribution in [2.24, 2.45) is 17.3 Å². The predicted molar refractivity (Wildman–Crippen MR) is 70.2 cm³/mol. The number of hydrogen-bond acceptors (Lipinski definition) is 2. The van der Waals surface area contributed by atoms with Crippen molar-refractivity contribution in [3.8, 4) is 0 Å². The minimum absolute atomic E-state index is 0.232. The van der Waals surface area contributed by atoms with Gasteiger partial charge in [0.2, 0.25) is 5.91 Å². The van der Waals surface area contributed by atoms with Gasteiger partial charge >= 0.3 is 5.97 Å². The molecule has 0 aromatic heterocycles. The number of aliphatic carboxylic acids is 1. The number of hydrogen-bond donors (Lipinski definition) is 1. The fourth-order valence-electron chi connectivity index (χ4n) is 2.39. The molecule has 0 spiro atoms. The molecule has 1 amide bonds. The molecule has 4 nitrogen and oxygen atoms in total. The smallest absolute Gasteiger partial charge is 0.316 e. The summed E-state index contributed by atoms with van der Waals surface area (Å²) >= 11 is 0. The molecule has 1 N–H and O–H groups in total. The monoisotopic (exact) mass is 255 g/mol. The maximum Gasteiger partial charge on any atom is 0.316 e. The van der Waals surface area contributed by atoms with E-state index in [4.69, 9.17) is 0 Å². The average Bonchev–Trinajstić information content (AvgIpc) is 2.12. The largest absolute Gasteiger partial charge is 0.481 e. The molecule has 18 heavy (non-hydrogen) atoms. The van der Waals surface area contributed by atoms with Gasteiger partial charge in [0.05, 0.1) is 0 Å². The van der Waals surface area contributed by atoms with Crippen LogP contribution in [0.1, 0.15) is 47.0 Å². The summed E-state index contributed by atoms with van der Waals surface area (Å²) in [5, 5.41) is 9.28. The maximum absolute atomic E-state index is 12.4. The molecule has 0 bridgehead atoms. The van der Waals surface area contributed by atoms with E-state index < -0.39 is 17.3 Å². The fourth-order valence-corrected chi connectivity index (χ4v) is 2.39. The minimum atomic E-state index is -1.01. The summed E-state index contributed by atoms with van der Waals surface area (Å²) in [7, 11) is 0. The summed E-state index contributed by atoms with van der Waals surface area (Å²) in [4.78, 5) is 25.4. The van der Waals surface area contributed by atoms with Crippen LogP contribution in [0.15, 0.2) is 0 Å². The molecule has 0 aromatic rings. The van der Waals surface area contributed by atoms with E-state index in [0.717, 1.165) is 19.4 Å². The van der Waals surface area contributed by atoms with Crippen molar-refractivity contribution in [2.45, 2.75) is 47.0 Å². The molecule has 1 unspecified atom stereocenters. The molecule has 0 aliphatic heterocycles. The number of amides is 1. The summed E-state index contributed by atoms with van der Waals surface area (Å²) in [5.41, 5.74) is -0.546. The van der Waals surface area contributed by atoms with Crippen molar-refractivity contribution in [1.82, 2.24) is 4.90 Å². The van der Waals surface area contributed by atoms with Crippen LogP contribution in [0, 0.1) is 17.3 Å². The summed E-state index contributed by atoms with van der Waals surface area (Å²) in [6, 6.07) is 0. The van der Waals surface area contributed by atoms with E-state index in [9.17, 15) is 14.7 Å². The second-order valence-electron chi connectivity index (χ2n) is 6.31. The van der Waals surface area contributed by atoms with Crippen LogP contribution < -0.4 is 0 Å². The Kier molecular flexibility index (Phi) is 4.77. The van der Waals surface area contributed by atoms with Crippen LogP contribution in [0.4, 0.5) is 0 Å². The Morgan fingerprint density at radius 1 is 1.33 bits per heavy atom. The van der Waals surface area contributed by atoms with E-state index in [1.807, 2.05) is 6.92 Å². The first-order valence-electron chi connectivity index (χ1n) is 6.79. The van der Waals surface area contributed by atoms with E-state index in [1.165, 1.54) is 6.42 Å². The molecular formula is C14H25NO3. The maximum atomic E-state index is 12.4. The fraction of sp³-hybridized carbons (Fsp3) is 0.857. The van der Waals surface area contributed by atoms with Crippen molar-refractivity contribution in [3.63, 3.8) is 0 Å². The molecule has 1 aliphatic carbocycles. The molecule has 104 valence electrons. The zero-order valence-electron chi connectivity index (χ0n) is 11.9. The van der Waals surface area contributed by atoms with Crippen molar-refractivity contribution in [3.05, 3.63) is 0 Å². The Labute approximate surface area is 109 Å². The second-order valence-corrected chi connectivity index (χ2v) is 6.31. The van der Waals surface area contributed by atoms with Crippen LogP contribution in [0.3, 0.4) is 0 Å². The van der Waals surface area contributed by atoms with Gasteiger partial charge in [0, 0.05) is 13.1 Å². The Bertz CT molecular complexity index is 315. The van der Waals surface area contributed by atoms with Gasteiger partial charge in [-0.3, -0.25) is 9.59 Å². The Balaban J connectivity index is 2.75. The number of carboxylic acids is 1. The highest BCUT2D eigenvalue weighted by Crippen LogP contribution is 2.31. The van der Waals surface area contributed by atoms with Crippen LogP contribution >= 0.6 is 0 Å². The molecule has 1 saturated carbocycles. The van der Waals surface area contributed by atoms with Crippen LogP contribution in [0.5, 0.6) is 0 Å². The molecule has 1 atom stereocenters. The zero-order valence-corrected chi connectivity index (χ0v) is 11.9. The third-order valence-corrected chi connectivity index (χ3v) is 3.76. The topological polar surface area (TPSA) is 57.6 Å². The lowest BCUT2D eigenvalue weighted by Gasteiger charge is -2.35. The number of carboxylic acid groups (broad SMARTS) is 1. The molecule has 1 fully saturated rings. The van der Waals surface area contributed by atoms with Gasteiger partial charge in [-0.05, 0) is 31.1 Å². The molecule has 0 aromatic carbocycles. The van der Waals surface area contributed by atoms with E-state index in [2.05, 4.69) is 0 Å². The lowest BCUT2D eigenvalue weighted by molar-refractivity contribution is -0.156. The van der Waals surface area contributed by atoms with Gasteiger partial charge in [0.1, 0.15) is 5.92 Å². The van der Waals surface area contributed by atoms with Gasteiger partial charge in [-0.1, -0.05) is 27.2 Å². The van der Waals surface area contributed by atoms with Gasteiger partial charge < -0.3 is 10.0 Å². The first-order valence-corrected chi connectivity index (χ1v) is 6.79. The van der Waals surface area contributed by atoms with Crippen molar-refractivity contribution in [1.29, 1.82) is 0 Å². The molecule has 4 heteroatoms. The highest BCUT2D eigenvalue weighted by Gasteiger charge is 2.40. The summed E-state index contributed by atoms with van der Waals surface area (Å²) in [6.45, 7) is 8.64. The van der Waals surface area contributed by atoms with Gasteiger partial charge in [-0.15, -0.1) is 0 Å². The number of carbonyl (C=O) groups is 2. The third kappa shape index (κ3) is 3.47. The first kappa shape index (κ1) is 15.0. The van der Waals surface area contributed by atoms with Gasteiger partial charge in [-0.25, -0.2) is 0 Å². The molecule has 1 rings (SSSR count). The predicted octanol–water partition coefficient (Wildman–Crippen LogP) is 2.38. The SMILES string of the molecule is CCN(CC1CCC1)C(=O)C(C(=O)O)C(C)(C)C. The highest BCUT2D eigenvalue weighted by atomic mass is 16.4. The number of nitrogens with zero attached hydrogens (tertiary/aromatic N) is 1. The lowest BCUT2D eigenvalue weighted by atomic mass is 9.79. The molecule has 1 aliphatic rings. The van der Waals surface area contributed by atoms with Gasteiger partial charge in [0.25, 0.3) is 0 Å². The number of carbonyl (C=O) groups excluding carboxylic acids is 1. The van der Waals surface area contributed by atoms with E-state index in [0.29, 0.717) is 12.5 Å². The Morgan fingerprint density at radius 3 is 2.17 bits per heavy atom. The van der Waals surface area contributed by atoms with E-state index >= 15 is 0 Å². The summed E-state index contributed by atoms with van der Waals surface area (Å²) in [6.07, 6.45) is 3.56. The molecular weight excluding hydrogens is 230 g/mol. The first-order chi connectivity index (χ1) is 8.27. The molecule has 0 radical (unpaired) electrons. The van der Waals surface area contributed by atoms with Gasteiger partial charge in [-0.2, -0.15) is 0 Å². The van der Waals surface area contributed by atoms with Crippen molar-refractivity contribution in [2.75, 3.05) is 13.1 Å². The second kappa shape index (κ2) is 5.72. The van der Waals surface area contributed by atoms with Crippen LogP contribution in [-0.2, 0) is 9.59 Å². The summed E-state index contributed by atoms with van der Waals surface area (Å²) < 4.78 is 0. The lowest BCUT2D eigenvalue weighted by Crippen LogP contribution is -2.47. The van der Waals surface area contributed by atoms with Crippen LogP contribution in [0.25, 0.3) is 0 Å². The third-order valence-electron chi connectivity index (χ3n) is 3.76. The normalized spacial score (nSPS) is 18.0. The van der Waals surface area contributed by atoms with Crippen LogP contribution in [-0.4, -0.2) is 35.0 Å². The summed E-state index contributed by atoms with van der Waals surface area (Å²) in [5.74, 6) is -1.62. The Hall–Kier alpha value is -1.06. The quantitative estimate of drug-likeness (QED) is 0.767. The highest BCUT2D eigenvalue weighted by molar-refractivity contribution is 5.97. The van der Waals surface area contributed by atoms with Crippen LogP contribution in [0.2, 0.25) is 0 Å². The standard InChI is InChI=1S/C14H25NO3/c1-5-15(9-10-7-6-8-10)12(16)11(13(17)18)14(2,3)4/h10-11H,5-9H2,1-4H3,(H,17,18). The average molecular weight is 255 g/mol.